The zero-order valence-corrected chi connectivity index (χ0v) is 15.9. The Morgan fingerprint density at radius 3 is 2.36 bits per heavy atom. The van der Waals surface area contributed by atoms with Gasteiger partial charge in [-0.2, -0.15) is 0 Å². The first-order valence-corrected chi connectivity index (χ1v) is 9.07. The molecule has 3 heteroatoms. The third-order valence-electron chi connectivity index (χ3n) is 4.52. The molecule has 0 heterocycles. The van der Waals surface area contributed by atoms with Gasteiger partial charge in [-0.15, -0.1) is 0 Å². The fraction of sp³-hybridized carbons (Fsp3) is 0.409. The van der Waals surface area contributed by atoms with Crippen molar-refractivity contribution in [1.82, 2.24) is 5.32 Å². The first-order chi connectivity index (χ1) is 11.9. The average Bonchev–Trinajstić information content (AvgIpc) is 2.62. The Hall–Kier alpha value is -2.29. The van der Waals surface area contributed by atoms with E-state index in [1.165, 1.54) is 5.56 Å². The molecule has 2 atom stereocenters. The third kappa shape index (κ3) is 5.09. The van der Waals surface area contributed by atoms with Crippen molar-refractivity contribution in [3.8, 4) is 5.75 Å². The molecule has 1 N–H and O–H groups in total. The Kier molecular flexibility index (Phi) is 6.63. The number of carbonyl (C=O) groups is 1. The van der Waals surface area contributed by atoms with Gasteiger partial charge in [0.2, 0.25) is 0 Å². The summed E-state index contributed by atoms with van der Waals surface area (Å²) >= 11 is 0. The second-order valence-electron chi connectivity index (χ2n) is 6.61. The molecule has 0 aliphatic heterocycles. The zero-order valence-electron chi connectivity index (χ0n) is 15.9. The van der Waals surface area contributed by atoms with Gasteiger partial charge in [0.15, 0.2) is 6.10 Å². The Labute approximate surface area is 151 Å². The summed E-state index contributed by atoms with van der Waals surface area (Å²) in [6, 6.07) is 14.4. The molecule has 134 valence electrons. The second kappa shape index (κ2) is 8.70. The van der Waals surface area contributed by atoms with E-state index in [2.05, 4.69) is 36.5 Å². The summed E-state index contributed by atoms with van der Waals surface area (Å²) in [5, 5.41) is 3.08. The maximum absolute atomic E-state index is 12.6. The summed E-state index contributed by atoms with van der Waals surface area (Å²) in [6.45, 7) is 10.1. The molecule has 1 amide bonds. The first kappa shape index (κ1) is 19.0. The number of rotatable bonds is 7. The summed E-state index contributed by atoms with van der Waals surface area (Å²) in [7, 11) is 0. The smallest absolute Gasteiger partial charge is 0.261 e. The molecule has 0 aliphatic carbocycles. The van der Waals surface area contributed by atoms with E-state index in [1.807, 2.05) is 45.9 Å². The standard InChI is InChI=1S/C22H29NO2/c1-6-18-10-12-19(13-11-18)17(5)23-22(24)20(7-2)25-21-14-15(3)8-9-16(21)4/h8-14,17,20H,6-7H2,1-5H3,(H,23,24)/t17-,20+/m1/s1. The largest absolute Gasteiger partial charge is 0.480 e. The minimum Gasteiger partial charge on any atom is -0.480 e. The number of amides is 1. The maximum atomic E-state index is 12.6. The molecule has 25 heavy (non-hydrogen) atoms. The van der Waals surface area contributed by atoms with Gasteiger partial charge in [-0.25, -0.2) is 0 Å². The summed E-state index contributed by atoms with van der Waals surface area (Å²) in [5.41, 5.74) is 4.57. The van der Waals surface area contributed by atoms with E-state index in [0.717, 1.165) is 28.9 Å². The highest BCUT2D eigenvalue weighted by molar-refractivity contribution is 5.81. The molecule has 2 aromatic carbocycles. The van der Waals surface area contributed by atoms with Gasteiger partial charge in [0, 0.05) is 0 Å². The molecule has 0 aromatic heterocycles. The molecule has 2 rings (SSSR count). The Morgan fingerprint density at radius 1 is 1.08 bits per heavy atom. The number of hydrogen-bond acceptors (Lipinski definition) is 2. The Balaban J connectivity index is 2.04. The lowest BCUT2D eigenvalue weighted by Crippen LogP contribution is -2.39. The number of nitrogens with one attached hydrogen (secondary N) is 1. The molecule has 2 aromatic rings. The van der Waals surface area contributed by atoms with E-state index in [4.69, 9.17) is 4.74 Å². The molecule has 0 saturated heterocycles. The molecular formula is C22H29NO2. The molecular weight excluding hydrogens is 310 g/mol. The molecule has 0 aliphatic rings. The number of benzene rings is 2. The van der Waals surface area contributed by atoms with Crippen LogP contribution in [0, 0.1) is 13.8 Å². The highest BCUT2D eigenvalue weighted by atomic mass is 16.5. The van der Waals surface area contributed by atoms with Crippen LogP contribution < -0.4 is 10.1 Å². The van der Waals surface area contributed by atoms with Crippen LogP contribution >= 0.6 is 0 Å². The van der Waals surface area contributed by atoms with Crippen LogP contribution in [0.1, 0.15) is 55.5 Å². The number of ether oxygens (including phenoxy) is 1. The van der Waals surface area contributed by atoms with E-state index < -0.39 is 6.10 Å². The molecule has 0 bridgehead atoms. The van der Waals surface area contributed by atoms with Crippen molar-refractivity contribution >= 4 is 5.91 Å². The molecule has 0 fully saturated rings. The Morgan fingerprint density at radius 2 is 1.76 bits per heavy atom. The van der Waals surface area contributed by atoms with E-state index in [-0.39, 0.29) is 11.9 Å². The maximum Gasteiger partial charge on any atom is 0.261 e. The van der Waals surface area contributed by atoms with Crippen LogP contribution in [-0.2, 0) is 11.2 Å². The summed E-state index contributed by atoms with van der Waals surface area (Å²) in [4.78, 5) is 12.6. The molecule has 3 nitrogen and oxygen atoms in total. The molecule has 0 radical (unpaired) electrons. The predicted molar refractivity (Wildman–Crippen MR) is 103 cm³/mol. The van der Waals surface area contributed by atoms with Crippen molar-refractivity contribution in [2.24, 2.45) is 0 Å². The van der Waals surface area contributed by atoms with Crippen molar-refractivity contribution in [2.75, 3.05) is 0 Å². The Bertz CT molecular complexity index is 706. The lowest BCUT2D eigenvalue weighted by Gasteiger charge is -2.22. The molecule has 0 unspecified atom stereocenters. The van der Waals surface area contributed by atoms with E-state index in [1.54, 1.807) is 0 Å². The third-order valence-corrected chi connectivity index (χ3v) is 4.52. The fourth-order valence-corrected chi connectivity index (χ4v) is 2.74. The molecule has 0 spiro atoms. The van der Waals surface area contributed by atoms with Crippen LogP contribution in [0.3, 0.4) is 0 Å². The van der Waals surface area contributed by atoms with Crippen molar-refractivity contribution in [3.63, 3.8) is 0 Å². The monoisotopic (exact) mass is 339 g/mol. The van der Waals surface area contributed by atoms with Gasteiger partial charge >= 0.3 is 0 Å². The van der Waals surface area contributed by atoms with Crippen LogP contribution in [0.15, 0.2) is 42.5 Å². The van der Waals surface area contributed by atoms with E-state index in [0.29, 0.717) is 6.42 Å². The van der Waals surface area contributed by atoms with Crippen molar-refractivity contribution in [1.29, 1.82) is 0 Å². The second-order valence-corrected chi connectivity index (χ2v) is 6.61. The quantitative estimate of drug-likeness (QED) is 0.779. The van der Waals surface area contributed by atoms with Crippen molar-refractivity contribution < 1.29 is 9.53 Å². The number of carbonyl (C=O) groups excluding carboxylic acids is 1. The number of hydrogen-bond donors (Lipinski definition) is 1. The van der Waals surface area contributed by atoms with Crippen LogP contribution in [0.4, 0.5) is 0 Å². The van der Waals surface area contributed by atoms with Gasteiger partial charge in [-0.1, -0.05) is 50.2 Å². The van der Waals surface area contributed by atoms with Gasteiger partial charge < -0.3 is 10.1 Å². The average molecular weight is 339 g/mol. The summed E-state index contributed by atoms with van der Waals surface area (Å²) < 4.78 is 6.00. The van der Waals surface area contributed by atoms with Crippen LogP contribution in [0.25, 0.3) is 0 Å². The van der Waals surface area contributed by atoms with Gasteiger partial charge in [0.1, 0.15) is 5.75 Å². The minimum absolute atomic E-state index is 0.0466. The summed E-state index contributed by atoms with van der Waals surface area (Å²) in [6.07, 6.45) is 1.15. The SMILES string of the molecule is CCc1ccc([C@@H](C)NC(=O)[C@H](CC)Oc2cc(C)ccc2C)cc1. The topological polar surface area (TPSA) is 38.3 Å². The van der Waals surface area contributed by atoms with Gasteiger partial charge in [0.05, 0.1) is 6.04 Å². The lowest BCUT2D eigenvalue weighted by molar-refractivity contribution is -0.128. The van der Waals surface area contributed by atoms with Crippen LogP contribution in [-0.4, -0.2) is 12.0 Å². The zero-order chi connectivity index (χ0) is 18.4. The van der Waals surface area contributed by atoms with Crippen molar-refractivity contribution in [3.05, 3.63) is 64.7 Å². The summed E-state index contributed by atoms with van der Waals surface area (Å²) in [5.74, 6) is 0.706. The highest BCUT2D eigenvalue weighted by Gasteiger charge is 2.21. The van der Waals surface area contributed by atoms with Crippen LogP contribution in [0.2, 0.25) is 0 Å². The van der Waals surface area contributed by atoms with Gasteiger partial charge in [0.25, 0.3) is 5.91 Å². The highest BCUT2D eigenvalue weighted by Crippen LogP contribution is 2.22. The minimum atomic E-state index is -0.488. The van der Waals surface area contributed by atoms with Crippen molar-refractivity contribution in [2.45, 2.75) is 59.6 Å². The molecule has 0 saturated carbocycles. The fourth-order valence-electron chi connectivity index (χ4n) is 2.74. The number of aryl methyl sites for hydroxylation is 3. The predicted octanol–water partition coefficient (Wildman–Crippen LogP) is 4.90. The van der Waals surface area contributed by atoms with Gasteiger partial charge in [-0.3, -0.25) is 4.79 Å². The van der Waals surface area contributed by atoms with E-state index in [9.17, 15) is 4.79 Å². The lowest BCUT2D eigenvalue weighted by atomic mass is 10.0. The first-order valence-electron chi connectivity index (χ1n) is 9.07. The van der Waals surface area contributed by atoms with E-state index >= 15 is 0 Å². The van der Waals surface area contributed by atoms with Crippen LogP contribution in [0.5, 0.6) is 5.75 Å². The van der Waals surface area contributed by atoms with Gasteiger partial charge in [-0.05, 0) is 61.9 Å². The normalized spacial score (nSPS) is 13.2.